The lowest BCUT2D eigenvalue weighted by molar-refractivity contribution is -0.181. The highest BCUT2D eigenvalue weighted by molar-refractivity contribution is 5.90. The molecular weight excluding hydrogens is 280 g/mol. The lowest BCUT2D eigenvalue weighted by Crippen LogP contribution is -2.48. The predicted molar refractivity (Wildman–Crippen MR) is 85.0 cm³/mol. The van der Waals surface area contributed by atoms with Crippen molar-refractivity contribution in [3.63, 3.8) is 0 Å². The van der Waals surface area contributed by atoms with E-state index in [0.717, 1.165) is 24.1 Å². The van der Waals surface area contributed by atoms with E-state index in [1.807, 2.05) is 23.1 Å². The molecule has 1 aromatic rings. The third-order valence-corrected chi connectivity index (χ3v) is 4.45. The number of urea groups is 1. The number of hydrogen-bond acceptors (Lipinski definition) is 3. The molecule has 0 bridgehead atoms. The van der Waals surface area contributed by atoms with Gasteiger partial charge in [0.25, 0.3) is 0 Å². The van der Waals surface area contributed by atoms with Crippen molar-refractivity contribution in [3.05, 3.63) is 29.8 Å². The largest absolute Gasteiger partial charge is 0.347 e. The van der Waals surface area contributed by atoms with Crippen molar-refractivity contribution in [2.75, 3.05) is 31.6 Å². The van der Waals surface area contributed by atoms with E-state index in [2.05, 4.69) is 25.2 Å². The van der Waals surface area contributed by atoms with Gasteiger partial charge in [-0.25, -0.2) is 4.79 Å². The fraction of sp³-hybridized carbons (Fsp3) is 0.588. The van der Waals surface area contributed by atoms with Crippen molar-refractivity contribution in [1.82, 2.24) is 4.90 Å². The average molecular weight is 304 g/mol. The standard InChI is InChI=1S/C17H24N2O3/c1-13(2)14-5-3-4-6-15(14)18-16(20)19-9-7-17(8-10-19)21-11-12-22-17/h3-6,13H,7-12H2,1-2H3,(H,18,20). The molecule has 0 radical (unpaired) electrons. The summed E-state index contributed by atoms with van der Waals surface area (Å²) < 4.78 is 11.4. The average Bonchev–Trinajstić information content (AvgIpc) is 2.96. The summed E-state index contributed by atoms with van der Waals surface area (Å²) in [5, 5.41) is 3.05. The molecule has 2 amide bonds. The number of piperidine rings is 1. The topological polar surface area (TPSA) is 50.8 Å². The Morgan fingerprint density at radius 3 is 2.45 bits per heavy atom. The first-order valence-electron chi connectivity index (χ1n) is 8.02. The molecule has 0 atom stereocenters. The van der Waals surface area contributed by atoms with Crippen LogP contribution in [0.2, 0.25) is 0 Å². The molecule has 2 aliphatic heterocycles. The van der Waals surface area contributed by atoms with E-state index in [1.165, 1.54) is 0 Å². The Hall–Kier alpha value is -1.59. The summed E-state index contributed by atoms with van der Waals surface area (Å²) in [6, 6.07) is 7.94. The summed E-state index contributed by atoms with van der Waals surface area (Å²) in [4.78, 5) is 14.3. The van der Waals surface area contributed by atoms with Crippen LogP contribution in [0.1, 0.15) is 38.2 Å². The van der Waals surface area contributed by atoms with Crippen LogP contribution in [-0.4, -0.2) is 43.0 Å². The lowest BCUT2D eigenvalue weighted by atomic mass is 10.0. The van der Waals surface area contributed by atoms with Gasteiger partial charge in [0.05, 0.1) is 13.2 Å². The SMILES string of the molecule is CC(C)c1ccccc1NC(=O)N1CCC2(CC1)OCCO2. The van der Waals surface area contributed by atoms with E-state index in [9.17, 15) is 4.79 Å². The van der Waals surface area contributed by atoms with Gasteiger partial charge < -0.3 is 19.7 Å². The van der Waals surface area contributed by atoms with Gasteiger partial charge in [-0.15, -0.1) is 0 Å². The van der Waals surface area contributed by atoms with Crippen LogP contribution in [-0.2, 0) is 9.47 Å². The molecule has 1 spiro atoms. The lowest BCUT2D eigenvalue weighted by Gasteiger charge is -2.37. The zero-order chi connectivity index (χ0) is 15.6. The molecule has 5 nitrogen and oxygen atoms in total. The molecule has 22 heavy (non-hydrogen) atoms. The summed E-state index contributed by atoms with van der Waals surface area (Å²) in [6.07, 6.45) is 1.48. The molecule has 5 heteroatoms. The molecule has 2 fully saturated rings. The number of likely N-dealkylation sites (tertiary alicyclic amines) is 1. The number of ether oxygens (including phenoxy) is 2. The highest BCUT2D eigenvalue weighted by Gasteiger charge is 2.40. The van der Waals surface area contributed by atoms with Crippen molar-refractivity contribution >= 4 is 11.7 Å². The van der Waals surface area contributed by atoms with E-state index < -0.39 is 5.79 Å². The molecular formula is C17H24N2O3. The number of benzene rings is 1. The van der Waals surface area contributed by atoms with Gasteiger partial charge in [0.2, 0.25) is 0 Å². The summed E-state index contributed by atoms with van der Waals surface area (Å²) in [5.74, 6) is -0.0616. The fourth-order valence-electron chi connectivity index (χ4n) is 3.14. The van der Waals surface area contributed by atoms with Crippen LogP contribution in [0.3, 0.4) is 0 Å². The van der Waals surface area contributed by atoms with Crippen LogP contribution in [0.5, 0.6) is 0 Å². The molecule has 0 aliphatic carbocycles. The molecule has 0 aromatic heterocycles. The van der Waals surface area contributed by atoms with E-state index in [4.69, 9.17) is 9.47 Å². The molecule has 2 saturated heterocycles. The summed E-state index contributed by atoms with van der Waals surface area (Å²) >= 11 is 0. The molecule has 2 aliphatic rings. The van der Waals surface area contributed by atoms with Crippen LogP contribution >= 0.6 is 0 Å². The minimum Gasteiger partial charge on any atom is -0.347 e. The quantitative estimate of drug-likeness (QED) is 0.913. The van der Waals surface area contributed by atoms with Crippen molar-refractivity contribution in [2.24, 2.45) is 0 Å². The zero-order valence-corrected chi connectivity index (χ0v) is 13.3. The molecule has 3 rings (SSSR count). The first-order chi connectivity index (χ1) is 10.6. The Morgan fingerprint density at radius 1 is 1.18 bits per heavy atom. The van der Waals surface area contributed by atoms with Gasteiger partial charge >= 0.3 is 6.03 Å². The predicted octanol–water partition coefficient (Wildman–Crippen LogP) is 3.18. The minimum absolute atomic E-state index is 0.0408. The summed E-state index contributed by atoms with van der Waals surface area (Å²) in [5.41, 5.74) is 2.06. The first kappa shape index (κ1) is 15.3. The highest BCUT2D eigenvalue weighted by Crippen LogP contribution is 2.31. The van der Waals surface area contributed by atoms with Crippen LogP contribution < -0.4 is 5.32 Å². The Morgan fingerprint density at radius 2 is 1.82 bits per heavy atom. The van der Waals surface area contributed by atoms with Gasteiger partial charge in [0, 0.05) is 31.6 Å². The molecule has 1 N–H and O–H groups in total. The van der Waals surface area contributed by atoms with Gasteiger partial charge in [-0.2, -0.15) is 0 Å². The van der Waals surface area contributed by atoms with E-state index >= 15 is 0 Å². The molecule has 2 heterocycles. The Labute approximate surface area is 131 Å². The highest BCUT2D eigenvalue weighted by atomic mass is 16.7. The number of anilines is 1. The fourth-order valence-corrected chi connectivity index (χ4v) is 3.14. The van der Waals surface area contributed by atoms with Crippen LogP contribution in [0, 0.1) is 0 Å². The smallest absolute Gasteiger partial charge is 0.321 e. The number of rotatable bonds is 2. The number of carbonyl (C=O) groups is 1. The van der Waals surface area contributed by atoms with E-state index in [-0.39, 0.29) is 6.03 Å². The van der Waals surface area contributed by atoms with Crippen molar-refractivity contribution in [1.29, 1.82) is 0 Å². The molecule has 1 aromatic carbocycles. The second-order valence-corrected chi connectivity index (χ2v) is 6.27. The van der Waals surface area contributed by atoms with Crippen molar-refractivity contribution < 1.29 is 14.3 Å². The minimum atomic E-state index is -0.438. The second-order valence-electron chi connectivity index (χ2n) is 6.27. The van der Waals surface area contributed by atoms with E-state index in [1.54, 1.807) is 0 Å². The second kappa shape index (κ2) is 6.26. The Balaban J connectivity index is 1.61. The summed E-state index contributed by atoms with van der Waals surface area (Å²) in [7, 11) is 0. The van der Waals surface area contributed by atoms with Gasteiger partial charge in [0.1, 0.15) is 0 Å². The van der Waals surface area contributed by atoms with E-state index in [0.29, 0.717) is 32.2 Å². The van der Waals surface area contributed by atoms with Gasteiger partial charge in [-0.05, 0) is 17.5 Å². The normalized spacial score (nSPS) is 20.6. The Kier molecular flexibility index (Phi) is 4.36. The van der Waals surface area contributed by atoms with Gasteiger partial charge in [-0.1, -0.05) is 32.0 Å². The number of amides is 2. The van der Waals surface area contributed by atoms with Crippen molar-refractivity contribution in [2.45, 2.75) is 38.4 Å². The van der Waals surface area contributed by atoms with Crippen LogP contribution in [0.15, 0.2) is 24.3 Å². The van der Waals surface area contributed by atoms with Gasteiger partial charge in [0.15, 0.2) is 5.79 Å². The zero-order valence-electron chi connectivity index (χ0n) is 13.3. The number of nitrogens with zero attached hydrogens (tertiary/aromatic N) is 1. The Bertz CT molecular complexity index is 528. The van der Waals surface area contributed by atoms with Crippen molar-refractivity contribution in [3.8, 4) is 0 Å². The maximum atomic E-state index is 12.5. The maximum Gasteiger partial charge on any atom is 0.321 e. The number of nitrogens with one attached hydrogen (secondary N) is 1. The molecule has 0 unspecified atom stereocenters. The summed E-state index contributed by atoms with van der Waals surface area (Å²) in [6.45, 7) is 6.90. The number of hydrogen-bond donors (Lipinski definition) is 1. The number of para-hydroxylation sites is 1. The monoisotopic (exact) mass is 304 g/mol. The first-order valence-corrected chi connectivity index (χ1v) is 8.02. The molecule has 120 valence electrons. The maximum absolute atomic E-state index is 12.5. The van der Waals surface area contributed by atoms with Gasteiger partial charge in [-0.3, -0.25) is 0 Å². The third kappa shape index (κ3) is 3.10. The number of carbonyl (C=O) groups excluding carboxylic acids is 1. The van der Waals surface area contributed by atoms with Crippen LogP contribution in [0.25, 0.3) is 0 Å². The molecule has 0 saturated carbocycles. The van der Waals surface area contributed by atoms with Crippen LogP contribution in [0.4, 0.5) is 10.5 Å². The third-order valence-electron chi connectivity index (χ3n) is 4.45.